The van der Waals surface area contributed by atoms with Crippen molar-refractivity contribution in [3.05, 3.63) is 169 Å². The minimum absolute atomic E-state index is 0.136. The molecular formula is C46H32N2. The van der Waals surface area contributed by atoms with Crippen molar-refractivity contribution in [1.82, 2.24) is 9.55 Å². The van der Waals surface area contributed by atoms with E-state index in [0.717, 1.165) is 5.69 Å². The zero-order chi connectivity index (χ0) is 32.0. The predicted molar refractivity (Wildman–Crippen MR) is 202 cm³/mol. The van der Waals surface area contributed by atoms with Gasteiger partial charge in [0.15, 0.2) is 0 Å². The topological polar surface area (TPSA) is 17.8 Å². The molecule has 0 fully saturated rings. The average molecular weight is 613 g/mol. The van der Waals surface area contributed by atoms with Crippen molar-refractivity contribution >= 4 is 43.4 Å². The van der Waals surface area contributed by atoms with Crippen LogP contribution < -0.4 is 0 Å². The summed E-state index contributed by atoms with van der Waals surface area (Å²) >= 11 is 0. The van der Waals surface area contributed by atoms with Gasteiger partial charge in [-0.1, -0.05) is 129 Å². The Labute approximate surface area is 279 Å². The number of benzene rings is 7. The fourth-order valence-corrected chi connectivity index (χ4v) is 8.59. The van der Waals surface area contributed by atoms with Crippen LogP contribution in [0.1, 0.15) is 25.0 Å². The summed E-state index contributed by atoms with van der Waals surface area (Å²) in [5, 5.41) is 7.46. The second kappa shape index (κ2) is 10.0. The zero-order valence-corrected chi connectivity index (χ0v) is 26.9. The molecule has 226 valence electrons. The van der Waals surface area contributed by atoms with Crippen LogP contribution >= 0.6 is 0 Å². The van der Waals surface area contributed by atoms with Gasteiger partial charge in [0.2, 0.25) is 0 Å². The van der Waals surface area contributed by atoms with E-state index in [1.54, 1.807) is 0 Å². The van der Waals surface area contributed by atoms with Crippen LogP contribution in [0.15, 0.2) is 158 Å². The molecule has 0 radical (unpaired) electrons. The van der Waals surface area contributed by atoms with Gasteiger partial charge in [0, 0.05) is 33.6 Å². The molecular weight excluding hydrogens is 581 g/mol. The lowest BCUT2D eigenvalue weighted by Gasteiger charge is -2.23. The van der Waals surface area contributed by atoms with Crippen LogP contribution in [0, 0.1) is 0 Å². The van der Waals surface area contributed by atoms with Crippen molar-refractivity contribution in [2.24, 2.45) is 0 Å². The highest BCUT2D eigenvalue weighted by atomic mass is 15.0. The highest BCUT2D eigenvalue weighted by Gasteiger charge is 2.38. The van der Waals surface area contributed by atoms with Gasteiger partial charge in [0.1, 0.15) is 0 Å². The Balaban J connectivity index is 1.32. The van der Waals surface area contributed by atoms with Gasteiger partial charge >= 0.3 is 0 Å². The fourth-order valence-electron chi connectivity index (χ4n) is 8.59. The predicted octanol–water partition coefficient (Wildman–Crippen LogP) is 12.1. The number of fused-ring (bicyclic) bond motifs is 9. The minimum atomic E-state index is -0.136. The molecule has 7 aromatic carbocycles. The summed E-state index contributed by atoms with van der Waals surface area (Å²) in [6.45, 7) is 4.77. The first kappa shape index (κ1) is 27.2. The van der Waals surface area contributed by atoms with E-state index in [4.69, 9.17) is 4.98 Å². The Bertz CT molecular complexity index is 2680. The number of pyridine rings is 1. The quantitative estimate of drug-likeness (QED) is 0.182. The second-order valence-corrected chi connectivity index (χ2v) is 13.5. The van der Waals surface area contributed by atoms with Crippen molar-refractivity contribution in [3.8, 4) is 39.2 Å². The molecule has 0 spiro atoms. The van der Waals surface area contributed by atoms with Gasteiger partial charge < -0.3 is 4.57 Å². The summed E-state index contributed by atoms with van der Waals surface area (Å²) < 4.78 is 2.50. The molecule has 0 bridgehead atoms. The third-order valence-corrected chi connectivity index (χ3v) is 10.6. The molecule has 1 aliphatic rings. The van der Waals surface area contributed by atoms with Gasteiger partial charge in [0.05, 0.1) is 16.7 Å². The summed E-state index contributed by atoms with van der Waals surface area (Å²) in [4.78, 5) is 4.81. The maximum absolute atomic E-state index is 4.81. The van der Waals surface area contributed by atoms with Gasteiger partial charge in [-0.2, -0.15) is 0 Å². The monoisotopic (exact) mass is 612 g/mol. The van der Waals surface area contributed by atoms with Crippen LogP contribution in [0.5, 0.6) is 0 Å². The van der Waals surface area contributed by atoms with Crippen LogP contribution in [0.2, 0.25) is 0 Å². The number of nitrogens with zero attached hydrogens (tertiary/aromatic N) is 2. The van der Waals surface area contributed by atoms with Gasteiger partial charge in [0.25, 0.3) is 0 Å². The standard InChI is InChI=1S/C46H32N2/c1-46(2)39-21-11-10-16-31(39)36-24-25-37-38-28-29(23-26-41(38)48(45(37)44(36)46)30-14-4-3-5-15-30)42-32-17-6-8-19-34(32)43(40-22-12-13-27-47-40)35-20-9-7-18-33(35)42/h3-28H,1-2H3. The lowest BCUT2D eigenvalue weighted by Crippen LogP contribution is -2.16. The van der Waals surface area contributed by atoms with Gasteiger partial charge in [-0.25, -0.2) is 0 Å². The average Bonchev–Trinajstić information content (AvgIpc) is 3.59. The first-order valence-corrected chi connectivity index (χ1v) is 16.7. The van der Waals surface area contributed by atoms with Crippen LogP contribution in [-0.2, 0) is 5.41 Å². The molecule has 0 unspecified atom stereocenters. The van der Waals surface area contributed by atoms with Crippen LogP contribution in [-0.4, -0.2) is 9.55 Å². The van der Waals surface area contributed by atoms with E-state index in [2.05, 4.69) is 164 Å². The molecule has 0 N–H and O–H groups in total. The third kappa shape index (κ3) is 3.66. The van der Waals surface area contributed by atoms with E-state index >= 15 is 0 Å². The van der Waals surface area contributed by atoms with Crippen molar-refractivity contribution in [2.75, 3.05) is 0 Å². The Hall–Kier alpha value is -5.99. The Morgan fingerprint density at radius 2 is 1.15 bits per heavy atom. The molecule has 0 saturated carbocycles. The Kier molecular flexibility index (Phi) is 5.66. The highest BCUT2D eigenvalue weighted by Crippen LogP contribution is 2.53. The molecule has 48 heavy (non-hydrogen) atoms. The first-order valence-electron chi connectivity index (χ1n) is 16.7. The van der Waals surface area contributed by atoms with Crippen LogP contribution in [0.4, 0.5) is 0 Å². The molecule has 2 heterocycles. The van der Waals surface area contributed by atoms with Crippen LogP contribution in [0.25, 0.3) is 82.5 Å². The summed E-state index contributed by atoms with van der Waals surface area (Å²) in [6.07, 6.45) is 1.89. The maximum Gasteiger partial charge on any atom is 0.0714 e. The normalized spacial score (nSPS) is 13.4. The summed E-state index contributed by atoms with van der Waals surface area (Å²) in [5.41, 5.74) is 13.7. The Morgan fingerprint density at radius 3 is 1.85 bits per heavy atom. The molecule has 10 rings (SSSR count). The molecule has 2 nitrogen and oxygen atoms in total. The second-order valence-electron chi connectivity index (χ2n) is 13.5. The van der Waals surface area contributed by atoms with E-state index in [1.165, 1.54) is 88.0 Å². The number of hydrogen-bond donors (Lipinski definition) is 0. The minimum Gasteiger partial charge on any atom is -0.309 e. The summed E-state index contributed by atoms with van der Waals surface area (Å²) in [7, 11) is 0. The number of hydrogen-bond acceptors (Lipinski definition) is 1. The van der Waals surface area contributed by atoms with Crippen molar-refractivity contribution in [3.63, 3.8) is 0 Å². The number of aromatic nitrogens is 2. The molecule has 2 heteroatoms. The summed E-state index contributed by atoms with van der Waals surface area (Å²) in [5.74, 6) is 0. The van der Waals surface area contributed by atoms with E-state index < -0.39 is 0 Å². The van der Waals surface area contributed by atoms with Gasteiger partial charge in [-0.05, 0) is 91.3 Å². The number of rotatable bonds is 3. The highest BCUT2D eigenvalue weighted by molar-refractivity contribution is 6.22. The zero-order valence-electron chi connectivity index (χ0n) is 26.9. The van der Waals surface area contributed by atoms with E-state index in [9.17, 15) is 0 Å². The van der Waals surface area contributed by atoms with Gasteiger partial charge in [-0.3, -0.25) is 4.98 Å². The van der Waals surface area contributed by atoms with Gasteiger partial charge in [-0.15, -0.1) is 0 Å². The van der Waals surface area contributed by atoms with E-state index in [-0.39, 0.29) is 5.41 Å². The number of para-hydroxylation sites is 1. The molecule has 0 saturated heterocycles. The summed E-state index contributed by atoms with van der Waals surface area (Å²) in [6, 6.07) is 55.4. The molecule has 0 atom stereocenters. The smallest absolute Gasteiger partial charge is 0.0714 e. The molecule has 2 aromatic heterocycles. The first-order chi connectivity index (χ1) is 23.6. The van der Waals surface area contributed by atoms with Crippen molar-refractivity contribution in [1.29, 1.82) is 0 Å². The lowest BCUT2D eigenvalue weighted by molar-refractivity contribution is 0.664. The van der Waals surface area contributed by atoms with E-state index in [0.29, 0.717) is 0 Å². The van der Waals surface area contributed by atoms with Crippen molar-refractivity contribution < 1.29 is 0 Å². The molecule has 9 aromatic rings. The van der Waals surface area contributed by atoms with E-state index in [1.807, 2.05) is 12.3 Å². The third-order valence-electron chi connectivity index (χ3n) is 10.6. The molecule has 1 aliphatic carbocycles. The fraction of sp³-hybridized carbons (Fsp3) is 0.0652. The van der Waals surface area contributed by atoms with Crippen molar-refractivity contribution in [2.45, 2.75) is 19.3 Å². The molecule has 0 aliphatic heterocycles. The SMILES string of the molecule is CC1(C)c2ccccc2-c2ccc3c4cc(-c5c6ccccc6c(-c6ccccn6)c6ccccc56)ccc4n(-c4ccccc4)c3c21. The Morgan fingerprint density at radius 1 is 0.500 bits per heavy atom. The largest absolute Gasteiger partial charge is 0.309 e. The lowest BCUT2D eigenvalue weighted by atomic mass is 9.81. The molecule has 0 amide bonds. The van der Waals surface area contributed by atoms with Crippen LogP contribution in [0.3, 0.4) is 0 Å². The maximum atomic E-state index is 4.81.